The largest absolute Gasteiger partial charge is 0.370 e. The average molecular weight is 429 g/mol. The highest BCUT2D eigenvalue weighted by Gasteiger charge is 2.20. The van der Waals surface area contributed by atoms with E-state index in [2.05, 4.69) is 34.7 Å². The summed E-state index contributed by atoms with van der Waals surface area (Å²) in [6.07, 6.45) is 2.43. The summed E-state index contributed by atoms with van der Waals surface area (Å²) >= 11 is 5.68. The summed E-state index contributed by atoms with van der Waals surface area (Å²) in [4.78, 5) is 20.1. The number of primary amides is 1. The highest BCUT2D eigenvalue weighted by atomic mass is 32.1. The van der Waals surface area contributed by atoms with E-state index in [9.17, 15) is 4.79 Å². The van der Waals surface area contributed by atoms with Gasteiger partial charge in [0.1, 0.15) is 11.6 Å². The van der Waals surface area contributed by atoms with Crippen LogP contribution in [0.15, 0.2) is 18.3 Å². The number of anilines is 1. The van der Waals surface area contributed by atoms with Crippen LogP contribution in [0.5, 0.6) is 0 Å². The van der Waals surface area contributed by atoms with Crippen LogP contribution in [0.1, 0.15) is 31.7 Å². The molecule has 0 radical (unpaired) electrons. The molecule has 1 saturated heterocycles. The van der Waals surface area contributed by atoms with Crippen molar-refractivity contribution in [1.29, 1.82) is 5.26 Å². The van der Waals surface area contributed by atoms with Gasteiger partial charge in [0, 0.05) is 51.8 Å². The highest BCUT2D eigenvalue weighted by molar-refractivity contribution is 7.71. The lowest BCUT2D eigenvalue weighted by atomic mass is 10.2. The Bertz CT molecular complexity index is 981. The van der Waals surface area contributed by atoms with E-state index in [1.165, 1.54) is 0 Å². The minimum Gasteiger partial charge on any atom is -0.370 e. The van der Waals surface area contributed by atoms with E-state index in [4.69, 9.17) is 28.3 Å². The fraction of sp³-hybridized carbons (Fsp3) is 0.550. The molecule has 0 saturated carbocycles. The number of nitriles is 1. The van der Waals surface area contributed by atoms with Gasteiger partial charge in [0.25, 0.3) is 0 Å². The molecule has 3 rings (SSSR count). The minimum atomic E-state index is -0.336. The van der Waals surface area contributed by atoms with Crippen molar-refractivity contribution in [3.63, 3.8) is 0 Å². The number of carbonyl (C=O) groups excluding carboxylic acids is 1. The average Bonchev–Trinajstić information content (AvgIpc) is 3.01. The Kier molecular flexibility index (Phi) is 7.18. The zero-order chi connectivity index (χ0) is 21.7. The van der Waals surface area contributed by atoms with Gasteiger partial charge in [-0.3, -0.25) is 9.69 Å². The Morgan fingerprint density at radius 2 is 2.07 bits per heavy atom. The molecule has 0 spiro atoms. The molecule has 10 heteroatoms. The summed E-state index contributed by atoms with van der Waals surface area (Å²) in [5.74, 6) is 1.72. The fourth-order valence-corrected chi connectivity index (χ4v) is 3.79. The van der Waals surface area contributed by atoms with Crippen LogP contribution in [0.2, 0.25) is 0 Å². The Morgan fingerprint density at radius 3 is 2.70 bits per heavy atom. The SMILES string of the molecule is CC(C)Cn1c(CCC(N)=O)nn(CN2CCN(c3cc(C#N)ccn3)CC2)c1=S. The monoisotopic (exact) mass is 428 g/mol. The predicted octanol–water partition coefficient (Wildman–Crippen LogP) is 1.53. The van der Waals surface area contributed by atoms with Crippen molar-refractivity contribution in [1.82, 2.24) is 24.2 Å². The molecular weight excluding hydrogens is 400 g/mol. The third-order valence-electron chi connectivity index (χ3n) is 5.05. The second-order valence-electron chi connectivity index (χ2n) is 7.93. The zero-order valence-corrected chi connectivity index (χ0v) is 18.3. The van der Waals surface area contributed by atoms with E-state index in [1.807, 2.05) is 15.3 Å². The molecule has 0 bridgehead atoms. The van der Waals surface area contributed by atoms with Crippen LogP contribution in [0, 0.1) is 22.0 Å². The summed E-state index contributed by atoms with van der Waals surface area (Å²) < 4.78 is 4.54. The minimum absolute atomic E-state index is 0.261. The lowest BCUT2D eigenvalue weighted by molar-refractivity contribution is -0.118. The van der Waals surface area contributed by atoms with Gasteiger partial charge in [0.2, 0.25) is 5.91 Å². The van der Waals surface area contributed by atoms with Crippen LogP contribution in [0.3, 0.4) is 0 Å². The van der Waals surface area contributed by atoms with E-state index in [0.29, 0.717) is 29.3 Å². The molecule has 160 valence electrons. The van der Waals surface area contributed by atoms with Gasteiger partial charge in [0.15, 0.2) is 4.77 Å². The third-order valence-corrected chi connectivity index (χ3v) is 5.48. The molecule has 0 unspecified atom stereocenters. The zero-order valence-electron chi connectivity index (χ0n) is 17.5. The Morgan fingerprint density at radius 1 is 1.33 bits per heavy atom. The number of hydrogen-bond donors (Lipinski definition) is 1. The maximum Gasteiger partial charge on any atom is 0.217 e. The molecule has 2 aromatic heterocycles. The van der Waals surface area contributed by atoms with Crippen LogP contribution in [-0.4, -0.2) is 56.3 Å². The number of piperazine rings is 1. The van der Waals surface area contributed by atoms with Crippen LogP contribution < -0.4 is 10.6 Å². The predicted molar refractivity (Wildman–Crippen MR) is 116 cm³/mol. The van der Waals surface area contributed by atoms with Gasteiger partial charge < -0.3 is 15.2 Å². The number of hydrogen-bond acceptors (Lipinski definition) is 7. The van der Waals surface area contributed by atoms with Crippen molar-refractivity contribution in [3.05, 3.63) is 34.5 Å². The number of rotatable bonds is 8. The van der Waals surface area contributed by atoms with E-state index in [-0.39, 0.29) is 12.3 Å². The molecule has 1 fully saturated rings. The molecule has 1 amide bonds. The van der Waals surface area contributed by atoms with E-state index >= 15 is 0 Å². The van der Waals surface area contributed by atoms with Gasteiger partial charge in [-0.1, -0.05) is 13.8 Å². The fourth-order valence-electron chi connectivity index (χ4n) is 3.52. The molecule has 1 aliphatic rings. The quantitative estimate of drug-likeness (QED) is 0.635. The van der Waals surface area contributed by atoms with Gasteiger partial charge in [-0.25, -0.2) is 9.67 Å². The second kappa shape index (κ2) is 9.82. The number of aryl methyl sites for hydroxylation is 1. The Hall–Kier alpha value is -2.77. The third kappa shape index (κ3) is 5.43. The number of nitrogens with two attached hydrogens (primary N) is 1. The molecule has 9 nitrogen and oxygen atoms in total. The van der Waals surface area contributed by atoms with Gasteiger partial charge in [-0.15, -0.1) is 0 Å². The normalized spacial score (nSPS) is 14.8. The van der Waals surface area contributed by atoms with Crippen LogP contribution in [0.4, 0.5) is 5.82 Å². The van der Waals surface area contributed by atoms with Gasteiger partial charge >= 0.3 is 0 Å². The van der Waals surface area contributed by atoms with E-state index in [1.54, 1.807) is 12.3 Å². The van der Waals surface area contributed by atoms with Crippen LogP contribution >= 0.6 is 12.2 Å². The summed E-state index contributed by atoms with van der Waals surface area (Å²) in [7, 11) is 0. The lowest BCUT2D eigenvalue weighted by Gasteiger charge is -2.35. The summed E-state index contributed by atoms with van der Waals surface area (Å²) in [5.41, 5.74) is 5.94. The second-order valence-corrected chi connectivity index (χ2v) is 8.30. The lowest BCUT2D eigenvalue weighted by Crippen LogP contribution is -2.47. The molecular formula is C20H28N8OS. The smallest absolute Gasteiger partial charge is 0.217 e. The van der Waals surface area contributed by atoms with E-state index in [0.717, 1.165) is 44.4 Å². The Balaban J connectivity index is 1.67. The summed E-state index contributed by atoms with van der Waals surface area (Å²) in [6, 6.07) is 5.70. The molecule has 1 aliphatic heterocycles. The van der Waals surface area contributed by atoms with Crippen molar-refractivity contribution in [2.45, 2.75) is 39.9 Å². The first kappa shape index (κ1) is 21.9. The van der Waals surface area contributed by atoms with Crippen LogP contribution in [0.25, 0.3) is 0 Å². The number of amides is 1. The van der Waals surface area contributed by atoms with Crippen LogP contribution in [-0.2, 0) is 24.4 Å². The topological polar surface area (TPSA) is 109 Å². The molecule has 0 atom stereocenters. The summed E-state index contributed by atoms with van der Waals surface area (Å²) in [6.45, 7) is 8.94. The number of pyridine rings is 1. The molecule has 2 N–H and O–H groups in total. The molecule has 0 aromatic carbocycles. The molecule has 30 heavy (non-hydrogen) atoms. The maximum absolute atomic E-state index is 11.2. The van der Waals surface area contributed by atoms with Crippen molar-refractivity contribution in [2.75, 3.05) is 31.1 Å². The number of nitrogens with zero attached hydrogens (tertiary/aromatic N) is 7. The van der Waals surface area contributed by atoms with Crippen molar-refractivity contribution in [2.24, 2.45) is 11.7 Å². The maximum atomic E-state index is 11.2. The first-order chi connectivity index (χ1) is 14.4. The highest BCUT2D eigenvalue weighted by Crippen LogP contribution is 2.16. The Labute approximate surface area is 181 Å². The van der Waals surface area contributed by atoms with Crippen molar-refractivity contribution < 1.29 is 4.79 Å². The molecule has 2 aromatic rings. The molecule has 0 aliphatic carbocycles. The van der Waals surface area contributed by atoms with Gasteiger partial charge in [0.05, 0.1) is 18.3 Å². The number of aromatic nitrogens is 4. The standard InChI is InChI=1S/C20H28N8OS/c1-15(2)13-27-18(4-3-17(22)29)24-28(20(27)30)14-25-7-9-26(10-8-25)19-11-16(12-21)5-6-23-19/h5-6,11,15H,3-4,7-10,13-14H2,1-2H3,(H2,22,29). The first-order valence-electron chi connectivity index (χ1n) is 10.2. The first-order valence-corrected chi connectivity index (χ1v) is 10.6. The number of carbonyl (C=O) groups is 1. The van der Waals surface area contributed by atoms with E-state index < -0.39 is 0 Å². The van der Waals surface area contributed by atoms with Gasteiger partial charge in [-0.2, -0.15) is 10.4 Å². The molecule has 3 heterocycles. The van der Waals surface area contributed by atoms with Crippen molar-refractivity contribution >= 4 is 23.9 Å². The van der Waals surface area contributed by atoms with Gasteiger partial charge in [-0.05, 0) is 30.3 Å². The summed E-state index contributed by atoms with van der Waals surface area (Å²) in [5, 5.41) is 13.8. The van der Waals surface area contributed by atoms with Crippen molar-refractivity contribution in [3.8, 4) is 6.07 Å².